The van der Waals surface area contributed by atoms with Gasteiger partial charge in [0.1, 0.15) is 0 Å². The second kappa shape index (κ2) is 7.65. The highest BCUT2D eigenvalue weighted by Crippen LogP contribution is 2.60. The summed E-state index contributed by atoms with van der Waals surface area (Å²) in [5, 5.41) is 0. The normalized spacial score (nSPS) is 24.9. The lowest BCUT2D eigenvalue weighted by atomic mass is 9.55. The molecule has 6 rings (SSSR count). The zero-order chi connectivity index (χ0) is 23.5. The molecule has 4 aliphatic rings. The van der Waals surface area contributed by atoms with E-state index in [-0.39, 0.29) is 49.0 Å². The number of benzene rings is 2. The minimum atomic E-state index is -0.597. The molecule has 6 nitrogen and oxygen atoms in total. The maximum absolute atomic E-state index is 13.5. The summed E-state index contributed by atoms with van der Waals surface area (Å²) in [6, 6.07) is 16.1. The fourth-order valence-electron chi connectivity index (χ4n) is 5.60. The number of hydrogen-bond donors (Lipinski definition) is 0. The summed E-state index contributed by atoms with van der Waals surface area (Å²) in [6.45, 7) is 4.95. The molecule has 2 unspecified atom stereocenters. The SMILES string of the molecule is CC(C)(C)C(=O)COC(=O)CCN1C(=O)C2C3c4ccccc4C(c4ccccc43)C2C1=O. The average Bonchev–Trinajstić information content (AvgIpc) is 3.05. The Kier molecular flexibility index (Phi) is 5.00. The average molecular weight is 446 g/mol. The molecule has 1 saturated heterocycles. The summed E-state index contributed by atoms with van der Waals surface area (Å²) in [7, 11) is 0. The van der Waals surface area contributed by atoms with Gasteiger partial charge in [-0.1, -0.05) is 69.3 Å². The minimum Gasteiger partial charge on any atom is -0.458 e. The third kappa shape index (κ3) is 3.31. The molecule has 0 aromatic heterocycles. The van der Waals surface area contributed by atoms with Crippen LogP contribution in [0.3, 0.4) is 0 Å². The molecule has 1 fully saturated rings. The molecule has 170 valence electrons. The summed E-state index contributed by atoms with van der Waals surface area (Å²) in [4.78, 5) is 52.4. The van der Waals surface area contributed by atoms with Crippen molar-refractivity contribution in [2.45, 2.75) is 39.0 Å². The van der Waals surface area contributed by atoms with Gasteiger partial charge in [0.15, 0.2) is 12.4 Å². The van der Waals surface area contributed by atoms with Crippen molar-refractivity contribution in [2.24, 2.45) is 17.3 Å². The Morgan fingerprint density at radius 2 is 1.24 bits per heavy atom. The largest absolute Gasteiger partial charge is 0.458 e. The van der Waals surface area contributed by atoms with Gasteiger partial charge >= 0.3 is 5.97 Å². The van der Waals surface area contributed by atoms with Gasteiger partial charge in [0.05, 0.1) is 18.3 Å². The van der Waals surface area contributed by atoms with Crippen molar-refractivity contribution in [1.29, 1.82) is 0 Å². The Labute approximate surface area is 192 Å². The van der Waals surface area contributed by atoms with Crippen LogP contribution in [0.25, 0.3) is 0 Å². The number of likely N-dealkylation sites (tertiary alicyclic amines) is 1. The van der Waals surface area contributed by atoms with Gasteiger partial charge in [-0.15, -0.1) is 0 Å². The first-order chi connectivity index (χ1) is 15.7. The number of ether oxygens (including phenoxy) is 1. The van der Waals surface area contributed by atoms with Gasteiger partial charge in [-0.05, 0) is 22.3 Å². The van der Waals surface area contributed by atoms with Crippen molar-refractivity contribution in [1.82, 2.24) is 4.90 Å². The Balaban J connectivity index is 1.37. The summed E-state index contributed by atoms with van der Waals surface area (Å²) < 4.78 is 5.10. The van der Waals surface area contributed by atoms with E-state index in [4.69, 9.17) is 4.74 Å². The van der Waals surface area contributed by atoms with Gasteiger partial charge in [-0.25, -0.2) is 0 Å². The molecule has 1 heterocycles. The van der Waals surface area contributed by atoms with Crippen molar-refractivity contribution in [3.05, 3.63) is 70.8 Å². The molecule has 2 atom stereocenters. The number of imide groups is 1. The molecule has 2 aromatic rings. The molecular weight excluding hydrogens is 418 g/mol. The second-order valence-corrected chi connectivity index (χ2v) is 10.2. The van der Waals surface area contributed by atoms with Gasteiger partial charge in [0.25, 0.3) is 0 Å². The summed E-state index contributed by atoms with van der Waals surface area (Å²) >= 11 is 0. The van der Waals surface area contributed by atoms with Crippen molar-refractivity contribution in [2.75, 3.05) is 13.2 Å². The highest BCUT2D eigenvalue weighted by atomic mass is 16.5. The number of Topliss-reactive ketones (excluding diaryl/α,β-unsaturated/α-hetero) is 1. The van der Waals surface area contributed by atoms with E-state index < -0.39 is 23.2 Å². The number of esters is 1. The molecule has 33 heavy (non-hydrogen) atoms. The molecule has 1 aliphatic heterocycles. The van der Waals surface area contributed by atoms with Crippen LogP contribution in [0.5, 0.6) is 0 Å². The number of amides is 2. The van der Waals surface area contributed by atoms with Crippen LogP contribution in [0, 0.1) is 17.3 Å². The first-order valence-corrected chi connectivity index (χ1v) is 11.4. The Bertz CT molecular complexity index is 1060. The molecule has 0 N–H and O–H groups in total. The molecule has 2 aromatic carbocycles. The van der Waals surface area contributed by atoms with Crippen LogP contribution < -0.4 is 0 Å². The maximum Gasteiger partial charge on any atom is 0.308 e. The molecule has 2 bridgehead atoms. The first-order valence-electron chi connectivity index (χ1n) is 11.4. The number of hydrogen-bond acceptors (Lipinski definition) is 5. The van der Waals surface area contributed by atoms with Crippen LogP contribution >= 0.6 is 0 Å². The predicted molar refractivity (Wildman–Crippen MR) is 120 cm³/mol. The molecule has 3 aliphatic carbocycles. The minimum absolute atomic E-state index is 0.0284. The van der Waals surface area contributed by atoms with E-state index in [0.29, 0.717) is 0 Å². The molecule has 0 saturated carbocycles. The topological polar surface area (TPSA) is 80.8 Å². The number of ketones is 1. The lowest BCUT2D eigenvalue weighted by Gasteiger charge is -2.45. The van der Waals surface area contributed by atoms with Crippen LogP contribution in [0.2, 0.25) is 0 Å². The number of carbonyl (C=O) groups is 4. The molecule has 0 radical (unpaired) electrons. The molecule has 0 spiro atoms. The Morgan fingerprint density at radius 1 is 0.818 bits per heavy atom. The molecule has 6 heteroatoms. The highest BCUT2D eigenvalue weighted by Gasteiger charge is 2.61. The van der Waals surface area contributed by atoms with Crippen molar-refractivity contribution < 1.29 is 23.9 Å². The molecule has 2 amide bonds. The number of rotatable bonds is 5. The van der Waals surface area contributed by atoms with Crippen LogP contribution in [0.4, 0.5) is 0 Å². The van der Waals surface area contributed by atoms with Gasteiger partial charge < -0.3 is 4.74 Å². The highest BCUT2D eigenvalue weighted by molar-refractivity contribution is 6.07. The van der Waals surface area contributed by atoms with Crippen molar-refractivity contribution in [3.8, 4) is 0 Å². The Hall–Kier alpha value is -3.28. The fourth-order valence-corrected chi connectivity index (χ4v) is 5.60. The van der Waals surface area contributed by atoms with E-state index in [1.807, 2.05) is 24.3 Å². The maximum atomic E-state index is 13.5. The van der Waals surface area contributed by atoms with Gasteiger partial charge in [0, 0.05) is 23.8 Å². The zero-order valence-electron chi connectivity index (χ0n) is 19.0. The summed E-state index contributed by atoms with van der Waals surface area (Å²) in [6.07, 6.45) is -0.121. The van der Waals surface area contributed by atoms with E-state index in [9.17, 15) is 19.2 Å². The van der Waals surface area contributed by atoms with E-state index in [2.05, 4.69) is 24.3 Å². The monoisotopic (exact) mass is 445 g/mol. The Morgan fingerprint density at radius 3 is 1.64 bits per heavy atom. The third-order valence-electron chi connectivity index (χ3n) is 7.28. The number of carbonyl (C=O) groups excluding carboxylic acids is 4. The number of nitrogens with zero attached hydrogens (tertiary/aromatic N) is 1. The predicted octanol–water partition coefficient (Wildman–Crippen LogP) is 3.43. The fraction of sp³-hybridized carbons (Fsp3) is 0.407. The smallest absolute Gasteiger partial charge is 0.308 e. The quantitative estimate of drug-likeness (QED) is 0.520. The van der Waals surface area contributed by atoms with Gasteiger partial charge in [-0.3, -0.25) is 24.1 Å². The van der Waals surface area contributed by atoms with E-state index in [1.54, 1.807) is 20.8 Å². The van der Waals surface area contributed by atoms with E-state index in [0.717, 1.165) is 22.3 Å². The second-order valence-electron chi connectivity index (χ2n) is 10.2. The standard InChI is InChI=1S/C27H27NO5/c1-27(2,3)19(29)14-33-20(30)12-13-28-25(31)23-21-15-8-4-5-9-16(15)22(24(23)26(28)32)18-11-7-6-10-17(18)21/h4-11,21-24H,12-14H2,1-3H3. The van der Waals surface area contributed by atoms with Crippen LogP contribution in [-0.2, 0) is 23.9 Å². The molecular formula is C27H27NO5. The van der Waals surface area contributed by atoms with Gasteiger partial charge in [0.2, 0.25) is 11.8 Å². The zero-order valence-corrected chi connectivity index (χ0v) is 19.0. The van der Waals surface area contributed by atoms with E-state index >= 15 is 0 Å². The lowest BCUT2D eigenvalue weighted by Crippen LogP contribution is -2.41. The summed E-state index contributed by atoms with van der Waals surface area (Å²) in [5.41, 5.74) is 3.87. The van der Waals surface area contributed by atoms with Gasteiger partial charge in [-0.2, -0.15) is 0 Å². The van der Waals surface area contributed by atoms with Crippen LogP contribution in [0.15, 0.2) is 48.5 Å². The van der Waals surface area contributed by atoms with E-state index in [1.165, 1.54) is 4.90 Å². The van der Waals surface area contributed by atoms with Crippen LogP contribution in [0.1, 0.15) is 61.3 Å². The summed E-state index contributed by atoms with van der Waals surface area (Å²) in [5.74, 6) is -2.43. The van der Waals surface area contributed by atoms with Crippen molar-refractivity contribution >= 4 is 23.6 Å². The van der Waals surface area contributed by atoms with Crippen LogP contribution in [-0.4, -0.2) is 41.6 Å². The third-order valence-corrected chi connectivity index (χ3v) is 7.28. The first kappa shape index (κ1) is 21.6. The van der Waals surface area contributed by atoms with Crippen molar-refractivity contribution in [3.63, 3.8) is 0 Å². The lowest BCUT2D eigenvalue weighted by molar-refractivity contribution is -0.151.